The third-order valence-corrected chi connectivity index (χ3v) is 4.98. The van der Waals surface area contributed by atoms with Gasteiger partial charge in [-0.3, -0.25) is 9.89 Å². The van der Waals surface area contributed by atoms with Gasteiger partial charge >= 0.3 is 0 Å². The van der Waals surface area contributed by atoms with E-state index in [4.69, 9.17) is 5.73 Å². The highest BCUT2D eigenvalue weighted by molar-refractivity contribution is 7.13. The van der Waals surface area contributed by atoms with Gasteiger partial charge < -0.3 is 5.73 Å². The molecular weight excluding hydrogens is 278 g/mol. The highest BCUT2D eigenvalue weighted by Crippen LogP contribution is 2.26. The Morgan fingerprint density at radius 1 is 1.29 bits per heavy atom. The fourth-order valence-electron chi connectivity index (χ4n) is 2.68. The van der Waals surface area contributed by atoms with Crippen LogP contribution in [-0.4, -0.2) is 30.2 Å². The first-order chi connectivity index (χ1) is 10.2. The second kappa shape index (κ2) is 8.47. The van der Waals surface area contributed by atoms with Crippen molar-refractivity contribution in [3.63, 3.8) is 0 Å². The Morgan fingerprint density at radius 2 is 2.00 bits per heavy atom. The summed E-state index contributed by atoms with van der Waals surface area (Å²) >= 11 is 1.82. The van der Waals surface area contributed by atoms with E-state index in [0.29, 0.717) is 6.54 Å². The first kappa shape index (κ1) is 16.4. The lowest BCUT2D eigenvalue weighted by atomic mass is 10.2. The fraction of sp³-hybridized carbons (Fsp3) is 0.588. The topological polar surface area (TPSA) is 41.6 Å². The van der Waals surface area contributed by atoms with Crippen molar-refractivity contribution in [1.29, 1.82) is 0 Å². The van der Waals surface area contributed by atoms with Crippen LogP contribution < -0.4 is 5.73 Å². The van der Waals surface area contributed by atoms with Crippen LogP contribution in [-0.2, 0) is 6.54 Å². The van der Waals surface area contributed by atoms with Crippen LogP contribution in [0.15, 0.2) is 23.7 Å². The number of nitrogens with two attached hydrogens (primary N) is 1. The van der Waals surface area contributed by atoms with Gasteiger partial charge in [0, 0.05) is 17.1 Å². The summed E-state index contributed by atoms with van der Waals surface area (Å²) in [6.45, 7) is 10.3. The molecule has 1 aliphatic heterocycles. The molecule has 0 aliphatic carbocycles. The smallest absolute Gasteiger partial charge is 0.0729 e. The summed E-state index contributed by atoms with van der Waals surface area (Å²) in [5, 5.41) is 0. The van der Waals surface area contributed by atoms with Gasteiger partial charge in [0.1, 0.15) is 0 Å². The van der Waals surface area contributed by atoms with Crippen molar-refractivity contribution >= 4 is 22.7 Å². The predicted molar refractivity (Wildman–Crippen MR) is 93.9 cm³/mol. The van der Waals surface area contributed by atoms with Gasteiger partial charge in [-0.1, -0.05) is 19.4 Å². The van der Waals surface area contributed by atoms with Crippen LogP contribution in [0.1, 0.15) is 48.8 Å². The third-order valence-electron chi connectivity index (χ3n) is 3.86. The van der Waals surface area contributed by atoms with Gasteiger partial charge in [0.15, 0.2) is 0 Å². The second-order valence-electron chi connectivity index (χ2n) is 5.79. The molecule has 2 heterocycles. The molecule has 1 aliphatic rings. The van der Waals surface area contributed by atoms with Crippen molar-refractivity contribution < 1.29 is 0 Å². The lowest BCUT2D eigenvalue weighted by Crippen LogP contribution is -2.23. The third kappa shape index (κ3) is 5.38. The predicted octanol–water partition coefficient (Wildman–Crippen LogP) is 3.90. The van der Waals surface area contributed by atoms with Crippen molar-refractivity contribution in [2.75, 3.05) is 19.6 Å². The Labute approximate surface area is 132 Å². The summed E-state index contributed by atoms with van der Waals surface area (Å²) < 4.78 is 0. The van der Waals surface area contributed by atoms with Crippen LogP contribution in [0, 0.1) is 0 Å². The van der Waals surface area contributed by atoms with Crippen molar-refractivity contribution in [3.05, 3.63) is 28.5 Å². The summed E-state index contributed by atoms with van der Waals surface area (Å²) in [6.07, 6.45) is 6.29. The molecular formula is C17H27N3S. The number of hydrogen-bond donors (Lipinski definition) is 1. The van der Waals surface area contributed by atoms with E-state index in [1.807, 2.05) is 18.3 Å². The lowest BCUT2D eigenvalue weighted by Gasteiger charge is -2.18. The van der Waals surface area contributed by atoms with Crippen LogP contribution >= 0.6 is 11.3 Å². The maximum absolute atomic E-state index is 5.55. The lowest BCUT2D eigenvalue weighted by molar-refractivity contribution is 0.279. The largest absolute Gasteiger partial charge is 0.330 e. The van der Waals surface area contributed by atoms with Crippen molar-refractivity contribution in [2.24, 2.45) is 10.7 Å². The van der Waals surface area contributed by atoms with Gasteiger partial charge in [0.05, 0.1) is 10.6 Å². The summed E-state index contributed by atoms with van der Waals surface area (Å²) in [7, 11) is 0. The number of rotatable bonds is 6. The van der Waals surface area contributed by atoms with E-state index in [-0.39, 0.29) is 0 Å². The Hall–Kier alpha value is -0.970. The van der Waals surface area contributed by atoms with Gasteiger partial charge in [0.25, 0.3) is 0 Å². The minimum absolute atomic E-state index is 0.646. The molecule has 2 N–H and O–H groups in total. The number of likely N-dealkylation sites (tertiary alicyclic amines) is 1. The SMILES string of the molecule is C=C(N=C(C)CCN)c1ccc(CN2CCCCCC2)s1. The minimum atomic E-state index is 0.646. The van der Waals surface area contributed by atoms with Crippen LogP contribution in [0.5, 0.6) is 0 Å². The second-order valence-corrected chi connectivity index (χ2v) is 6.96. The van der Waals surface area contributed by atoms with Gasteiger partial charge in [-0.2, -0.15) is 0 Å². The van der Waals surface area contributed by atoms with E-state index in [1.54, 1.807) is 0 Å². The Balaban J connectivity index is 1.94. The Kier molecular flexibility index (Phi) is 6.61. The summed E-state index contributed by atoms with van der Waals surface area (Å²) in [5.41, 5.74) is 7.48. The zero-order valence-corrected chi connectivity index (χ0v) is 13.9. The van der Waals surface area contributed by atoms with Crippen LogP contribution in [0.3, 0.4) is 0 Å². The molecule has 0 aromatic carbocycles. The molecule has 2 rings (SSSR count). The normalized spacial score (nSPS) is 17.7. The molecule has 3 nitrogen and oxygen atoms in total. The fourth-order valence-corrected chi connectivity index (χ4v) is 3.65. The van der Waals surface area contributed by atoms with Crippen molar-refractivity contribution in [2.45, 2.75) is 45.6 Å². The first-order valence-corrected chi connectivity index (χ1v) is 8.75. The highest BCUT2D eigenvalue weighted by Gasteiger charge is 2.11. The summed E-state index contributed by atoms with van der Waals surface area (Å²) in [4.78, 5) is 9.72. The molecule has 1 aromatic heterocycles. The van der Waals surface area contributed by atoms with Crippen molar-refractivity contribution in [3.8, 4) is 0 Å². The molecule has 0 amide bonds. The molecule has 116 valence electrons. The average molecular weight is 305 g/mol. The molecule has 0 spiro atoms. The molecule has 0 unspecified atom stereocenters. The van der Waals surface area contributed by atoms with E-state index in [9.17, 15) is 0 Å². The number of aliphatic imine (C=N–C) groups is 1. The molecule has 0 saturated carbocycles. The molecule has 4 heteroatoms. The zero-order chi connectivity index (χ0) is 15.1. The maximum atomic E-state index is 5.55. The van der Waals surface area contributed by atoms with Crippen LogP contribution in [0.25, 0.3) is 5.70 Å². The summed E-state index contributed by atoms with van der Waals surface area (Å²) in [6, 6.07) is 4.38. The molecule has 1 fully saturated rings. The van der Waals surface area contributed by atoms with Gasteiger partial charge in [-0.25, -0.2) is 0 Å². The molecule has 0 atom stereocenters. The number of nitrogens with zero attached hydrogens (tertiary/aromatic N) is 2. The average Bonchev–Trinajstić information content (AvgIpc) is 2.76. The van der Waals surface area contributed by atoms with Gasteiger partial charge in [-0.05, 0) is 58.0 Å². The van der Waals surface area contributed by atoms with Crippen molar-refractivity contribution in [1.82, 2.24) is 4.90 Å². The number of hydrogen-bond acceptors (Lipinski definition) is 4. The zero-order valence-electron chi connectivity index (χ0n) is 13.1. The minimum Gasteiger partial charge on any atom is -0.330 e. The van der Waals surface area contributed by atoms with E-state index in [0.717, 1.165) is 24.4 Å². The quantitative estimate of drug-likeness (QED) is 0.810. The first-order valence-electron chi connectivity index (χ1n) is 7.93. The van der Waals surface area contributed by atoms with Crippen LogP contribution in [0.4, 0.5) is 0 Å². The molecule has 0 bridgehead atoms. The highest BCUT2D eigenvalue weighted by atomic mass is 32.1. The standard InChI is InChI=1S/C17H27N3S/c1-14(9-10-18)19-15(2)17-8-7-16(21-17)13-20-11-5-3-4-6-12-20/h7-8H,2-6,9-13,18H2,1H3. The molecule has 1 saturated heterocycles. The Morgan fingerprint density at radius 3 is 2.67 bits per heavy atom. The van der Waals surface area contributed by atoms with E-state index < -0.39 is 0 Å². The molecule has 1 aromatic rings. The van der Waals surface area contributed by atoms with Gasteiger partial charge in [0.2, 0.25) is 0 Å². The maximum Gasteiger partial charge on any atom is 0.0729 e. The van der Waals surface area contributed by atoms with E-state index in [1.165, 1.54) is 48.5 Å². The molecule has 0 radical (unpaired) electrons. The monoisotopic (exact) mass is 305 g/mol. The van der Waals surface area contributed by atoms with Gasteiger partial charge in [-0.15, -0.1) is 11.3 Å². The Bertz CT molecular complexity index is 482. The van der Waals surface area contributed by atoms with E-state index >= 15 is 0 Å². The number of thiophene rings is 1. The van der Waals surface area contributed by atoms with E-state index in [2.05, 4.69) is 28.6 Å². The summed E-state index contributed by atoms with van der Waals surface area (Å²) in [5.74, 6) is 0. The molecule has 21 heavy (non-hydrogen) atoms. The van der Waals surface area contributed by atoms with Crippen LogP contribution in [0.2, 0.25) is 0 Å².